The van der Waals surface area contributed by atoms with Gasteiger partial charge in [-0.25, -0.2) is 4.98 Å². The van der Waals surface area contributed by atoms with E-state index in [1.165, 1.54) is 0 Å². The average molecular weight is 450 g/mol. The lowest BCUT2D eigenvalue weighted by molar-refractivity contribution is 0.0933. The highest BCUT2D eigenvalue weighted by molar-refractivity contribution is 9.10. The Labute approximate surface area is 177 Å². The number of ether oxygens (including phenoxy) is 1. The fourth-order valence-electron chi connectivity index (χ4n) is 3.24. The number of carbonyl (C=O) groups is 1. The molecule has 2 N–H and O–H groups in total. The summed E-state index contributed by atoms with van der Waals surface area (Å²) in [6.45, 7) is 0. The van der Waals surface area contributed by atoms with Gasteiger partial charge in [0.05, 0.1) is 29.7 Å². The molecule has 5 nitrogen and oxygen atoms in total. The van der Waals surface area contributed by atoms with Crippen LogP contribution in [0.25, 0.3) is 11.0 Å². The predicted molar refractivity (Wildman–Crippen MR) is 117 cm³/mol. The monoisotopic (exact) mass is 449 g/mol. The predicted octanol–water partition coefficient (Wildman–Crippen LogP) is 5.05. The Morgan fingerprint density at radius 3 is 2.62 bits per heavy atom. The number of para-hydroxylation sites is 2. The lowest BCUT2D eigenvalue weighted by atomic mass is 10.0. The van der Waals surface area contributed by atoms with E-state index in [1.807, 2.05) is 60.7 Å². The molecule has 0 aliphatic rings. The number of fused-ring (bicyclic) bond motifs is 1. The fourth-order valence-corrected chi connectivity index (χ4v) is 3.67. The number of H-pyrrole nitrogens is 1. The summed E-state index contributed by atoms with van der Waals surface area (Å²) in [6, 6.07) is 22.9. The quantitative estimate of drug-likeness (QED) is 0.432. The number of methoxy groups -OCH3 is 1. The van der Waals surface area contributed by atoms with E-state index >= 15 is 0 Å². The normalized spacial score (nSPS) is 11.9. The molecule has 0 aliphatic carbocycles. The van der Waals surface area contributed by atoms with Crippen LogP contribution in [0.5, 0.6) is 5.75 Å². The molecule has 0 spiro atoms. The number of benzene rings is 3. The third kappa shape index (κ3) is 4.32. The number of hydrogen-bond donors (Lipinski definition) is 2. The first-order chi connectivity index (χ1) is 14.1. The molecule has 3 aromatic carbocycles. The van der Waals surface area contributed by atoms with Crippen molar-refractivity contribution in [3.05, 3.63) is 94.2 Å². The minimum Gasteiger partial charge on any atom is -0.497 e. The molecule has 4 rings (SSSR count). The molecule has 0 radical (unpaired) electrons. The van der Waals surface area contributed by atoms with Crippen LogP contribution in [-0.4, -0.2) is 23.0 Å². The summed E-state index contributed by atoms with van der Waals surface area (Å²) in [6.07, 6.45) is 0.619. The first kappa shape index (κ1) is 19.2. The number of carbonyl (C=O) groups excluding carboxylic acids is 1. The van der Waals surface area contributed by atoms with Gasteiger partial charge in [0.1, 0.15) is 11.6 Å². The van der Waals surface area contributed by atoms with Crippen LogP contribution in [0.2, 0.25) is 0 Å². The minimum atomic E-state index is -0.310. The van der Waals surface area contributed by atoms with Crippen molar-refractivity contribution in [2.24, 2.45) is 0 Å². The second-order valence-corrected chi connectivity index (χ2v) is 7.56. The molecule has 6 heteroatoms. The average Bonchev–Trinajstić information content (AvgIpc) is 3.18. The zero-order valence-corrected chi connectivity index (χ0v) is 17.4. The van der Waals surface area contributed by atoms with Crippen molar-refractivity contribution in [2.45, 2.75) is 12.5 Å². The van der Waals surface area contributed by atoms with Gasteiger partial charge >= 0.3 is 0 Å². The molecule has 29 heavy (non-hydrogen) atoms. The summed E-state index contributed by atoms with van der Waals surface area (Å²) >= 11 is 3.46. The highest BCUT2D eigenvalue weighted by Gasteiger charge is 2.21. The highest BCUT2D eigenvalue weighted by Crippen LogP contribution is 2.25. The van der Waals surface area contributed by atoms with Gasteiger partial charge in [-0.05, 0) is 58.2 Å². The minimum absolute atomic E-state index is 0.197. The summed E-state index contributed by atoms with van der Waals surface area (Å²) in [5.74, 6) is 1.15. The van der Waals surface area contributed by atoms with Gasteiger partial charge in [0.2, 0.25) is 0 Å². The molecule has 0 saturated heterocycles. The van der Waals surface area contributed by atoms with Crippen molar-refractivity contribution in [2.75, 3.05) is 7.11 Å². The molecule has 1 aromatic heterocycles. The summed E-state index contributed by atoms with van der Waals surface area (Å²) < 4.78 is 5.97. The van der Waals surface area contributed by atoms with E-state index in [0.29, 0.717) is 22.2 Å². The van der Waals surface area contributed by atoms with E-state index in [2.05, 4.69) is 26.2 Å². The van der Waals surface area contributed by atoms with Crippen LogP contribution in [0.15, 0.2) is 77.3 Å². The van der Waals surface area contributed by atoms with Crippen molar-refractivity contribution >= 4 is 32.9 Å². The molecular weight excluding hydrogens is 430 g/mol. The van der Waals surface area contributed by atoms with Crippen molar-refractivity contribution in [1.82, 2.24) is 15.3 Å². The maximum Gasteiger partial charge on any atom is 0.253 e. The molecule has 0 aliphatic heterocycles. The summed E-state index contributed by atoms with van der Waals surface area (Å²) in [5.41, 5.74) is 3.44. The maximum atomic E-state index is 13.1. The largest absolute Gasteiger partial charge is 0.497 e. The molecular formula is C23H20BrN3O2. The molecule has 1 atom stereocenters. The number of rotatable bonds is 6. The zero-order chi connectivity index (χ0) is 20.2. The van der Waals surface area contributed by atoms with Gasteiger partial charge in [0.25, 0.3) is 5.91 Å². The molecule has 0 fully saturated rings. The molecule has 1 heterocycles. The van der Waals surface area contributed by atoms with Gasteiger partial charge in [-0.15, -0.1) is 0 Å². The lowest BCUT2D eigenvalue weighted by Gasteiger charge is -2.18. The topological polar surface area (TPSA) is 67.0 Å². The Balaban J connectivity index is 1.67. The Hall–Kier alpha value is -3.12. The summed E-state index contributed by atoms with van der Waals surface area (Å²) in [5, 5.41) is 3.13. The Morgan fingerprint density at radius 2 is 1.86 bits per heavy atom. The molecule has 0 saturated carbocycles. The number of aromatic amines is 1. The summed E-state index contributed by atoms with van der Waals surface area (Å²) in [4.78, 5) is 21.1. The SMILES string of the molecule is COc1ccc(Br)c(C(=O)NC(Cc2ccccc2)c2nc3ccccc3[nH]2)c1. The van der Waals surface area contributed by atoms with Gasteiger partial charge in [-0.2, -0.15) is 0 Å². The van der Waals surface area contributed by atoms with Gasteiger partial charge in [-0.3, -0.25) is 4.79 Å². The number of nitrogens with one attached hydrogen (secondary N) is 2. The van der Waals surface area contributed by atoms with E-state index in [-0.39, 0.29) is 11.9 Å². The van der Waals surface area contributed by atoms with Crippen molar-refractivity contribution < 1.29 is 9.53 Å². The lowest BCUT2D eigenvalue weighted by Crippen LogP contribution is -2.31. The second-order valence-electron chi connectivity index (χ2n) is 6.70. The zero-order valence-electron chi connectivity index (χ0n) is 15.9. The van der Waals surface area contributed by atoms with E-state index in [1.54, 1.807) is 19.2 Å². The molecule has 4 aromatic rings. The number of imidazole rings is 1. The first-order valence-corrected chi connectivity index (χ1v) is 10.1. The number of halogens is 1. The Morgan fingerprint density at radius 1 is 1.10 bits per heavy atom. The molecule has 1 amide bonds. The van der Waals surface area contributed by atoms with Crippen LogP contribution in [0.3, 0.4) is 0 Å². The molecule has 1 unspecified atom stereocenters. The van der Waals surface area contributed by atoms with Crippen LogP contribution in [0, 0.1) is 0 Å². The second kappa shape index (κ2) is 8.49. The van der Waals surface area contributed by atoms with Gasteiger partial charge in [-0.1, -0.05) is 42.5 Å². The van der Waals surface area contributed by atoms with E-state index in [9.17, 15) is 4.79 Å². The highest BCUT2D eigenvalue weighted by atomic mass is 79.9. The van der Waals surface area contributed by atoms with E-state index in [4.69, 9.17) is 9.72 Å². The maximum absolute atomic E-state index is 13.1. The van der Waals surface area contributed by atoms with Crippen LogP contribution >= 0.6 is 15.9 Å². The smallest absolute Gasteiger partial charge is 0.253 e. The Bertz CT molecular complexity index is 1110. The van der Waals surface area contributed by atoms with Gasteiger partial charge < -0.3 is 15.0 Å². The number of aromatic nitrogens is 2. The van der Waals surface area contributed by atoms with Gasteiger partial charge in [0.15, 0.2) is 0 Å². The third-order valence-corrected chi connectivity index (χ3v) is 5.44. The third-order valence-electron chi connectivity index (χ3n) is 4.74. The summed E-state index contributed by atoms with van der Waals surface area (Å²) in [7, 11) is 1.58. The van der Waals surface area contributed by atoms with Crippen LogP contribution in [0.1, 0.15) is 27.8 Å². The first-order valence-electron chi connectivity index (χ1n) is 9.27. The van der Waals surface area contributed by atoms with Crippen molar-refractivity contribution in [1.29, 1.82) is 0 Å². The molecule has 0 bridgehead atoms. The van der Waals surface area contributed by atoms with Crippen LogP contribution in [0.4, 0.5) is 0 Å². The van der Waals surface area contributed by atoms with E-state index < -0.39 is 0 Å². The van der Waals surface area contributed by atoms with Crippen LogP contribution in [-0.2, 0) is 6.42 Å². The molecule has 146 valence electrons. The number of amides is 1. The van der Waals surface area contributed by atoms with Crippen molar-refractivity contribution in [3.8, 4) is 5.75 Å². The number of hydrogen-bond acceptors (Lipinski definition) is 3. The Kier molecular flexibility index (Phi) is 5.62. The standard InChI is InChI=1S/C23H20BrN3O2/c1-29-16-11-12-18(24)17(14-16)23(28)27-21(13-15-7-3-2-4-8-15)22-25-19-9-5-6-10-20(19)26-22/h2-12,14,21H,13H2,1H3,(H,25,26)(H,27,28). The van der Waals surface area contributed by atoms with Crippen LogP contribution < -0.4 is 10.1 Å². The van der Waals surface area contributed by atoms with Crippen molar-refractivity contribution in [3.63, 3.8) is 0 Å². The van der Waals surface area contributed by atoms with Gasteiger partial charge in [0, 0.05) is 4.47 Å². The fraction of sp³-hybridized carbons (Fsp3) is 0.130. The number of nitrogens with zero attached hydrogens (tertiary/aromatic N) is 1. The van der Waals surface area contributed by atoms with E-state index in [0.717, 1.165) is 22.4 Å².